The Labute approximate surface area is 132 Å². The summed E-state index contributed by atoms with van der Waals surface area (Å²) in [6.45, 7) is 8.36. The molecule has 1 aromatic carbocycles. The number of nitrogens with one attached hydrogen (secondary N) is 1. The van der Waals surface area contributed by atoms with E-state index in [1.165, 1.54) is 21.6 Å². The Morgan fingerprint density at radius 3 is 2.30 bits per heavy atom. The number of aromatic nitrogens is 1. The summed E-state index contributed by atoms with van der Waals surface area (Å²) < 4.78 is 1.16. The summed E-state index contributed by atoms with van der Waals surface area (Å²) in [6, 6.07) is 4.44. The van der Waals surface area contributed by atoms with Crippen LogP contribution in [0.4, 0.5) is 0 Å². The average Bonchev–Trinajstić information content (AvgIpc) is 2.71. The summed E-state index contributed by atoms with van der Waals surface area (Å²) in [5.74, 6) is 5.75. The fourth-order valence-electron chi connectivity index (χ4n) is 2.25. The lowest BCUT2D eigenvalue weighted by Crippen LogP contribution is -2.29. The van der Waals surface area contributed by atoms with E-state index >= 15 is 0 Å². The zero-order valence-electron chi connectivity index (χ0n) is 12.2. The number of benzene rings is 1. The molecule has 0 radical (unpaired) electrons. The zero-order valence-corrected chi connectivity index (χ0v) is 14.7. The van der Waals surface area contributed by atoms with Gasteiger partial charge in [-0.2, -0.15) is 0 Å². The number of nitrogens with two attached hydrogens (primary N) is 1. The van der Waals surface area contributed by atoms with Gasteiger partial charge in [0.05, 0.1) is 16.7 Å². The highest BCUT2D eigenvalue weighted by Gasteiger charge is 2.15. The van der Waals surface area contributed by atoms with Crippen LogP contribution in [0.5, 0.6) is 0 Å². The van der Waals surface area contributed by atoms with Gasteiger partial charge in [-0.3, -0.25) is 11.3 Å². The van der Waals surface area contributed by atoms with Crippen LogP contribution in [0.25, 0.3) is 0 Å². The van der Waals surface area contributed by atoms with Crippen molar-refractivity contribution in [2.24, 2.45) is 5.84 Å². The van der Waals surface area contributed by atoms with E-state index in [1.807, 2.05) is 6.92 Å². The minimum absolute atomic E-state index is 0.0884. The van der Waals surface area contributed by atoms with Gasteiger partial charge in [0, 0.05) is 15.8 Å². The van der Waals surface area contributed by atoms with Crippen LogP contribution in [0.15, 0.2) is 16.6 Å². The van der Waals surface area contributed by atoms with E-state index in [9.17, 15) is 0 Å². The smallest absolute Gasteiger partial charge is 0.0950 e. The molecule has 1 heterocycles. The highest BCUT2D eigenvalue weighted by Crippen LogP contribution is 2.28. The lowest BCUT2D eigenvalue weighted by molar-refractivity contribution is 0.549. The van der Waals surface area contributed by atoms with E-state index in [0.29, 0.717) is 0 Å². The van der Waals surface area contributed by atoms with Crippen LogP contribution in [-0.4, -0.2) is 4.98 Å². The molecule has 108 valence electrons. The molecular formula is C15H20BrN3S. The third-order valence-corrected chi connectivity index (χ3v) is 5.86. The molecule has 0 saturated carbocycles. The molecule has 0 spiro atoms. The molecule has 20 heavy (non-hydrogen) atoms. The first-order valence-corrected chi connectivity index (χ1v) is 8.19. The van der Waals surface area contributed by atoms with E-state index in [1.54, 1.807) is 11.3 Å². The first kappa shape index (κ1) is 15.6. The van der Waals surface area contributed by atoms with Crippen molar-refractivity contribution in [1.29, 1.82) is 0 Å². The monoisotopic (exact) mass is 353 g/mol. The van der Waals surface area contributed by atoms with Crippen LogP contribution in [0.1, 0.15) is 38.3 Å². The first-order valence-electron chi connectivity index (χ1n) is 6.58. The van der Waals surface area contributed by atoms with Gasteiger partial charge in [-0.1, -0.05) is 28.1 Å². The van der Waals surface area contributed by atoms with Gasteiger partial charge in [0.1, 0.15) is 0 Å². The number of thiazole rings is 1. The number of hydrogen-bond acceptors (Lipinski definition) is 4. The molecule has 5 heteroatoms. The van der Waals surface area contributed by atoms with E-state index in [2.05, 4.69) is 59.2 Å². The number of halogens is 1. The van der Waals surface area contributed by atoms with Crippen LogP contribution >= 0.6 is 27.3 Å². The molecule has 1 unspecified atom stereocenters. The average molecular weight is 354 g/mol. The van der Waals surface area contributed by atoms with Crippen molar-refractivity contribution in [3.05, 3.63) is 48.9 Å². The molecule has 2 aromatic rings. The van der Waals surface area contributed by atoms with Crippen LogP contribution < -0.4 is 11.3 Å². The zero-order chi connectivity index (χ0) is 14.9. The molecule has 2 rings (SSSR count). The van der Waals surface area contributed by atoms with Crippen molar-refractivity contribution in [3.8, 4) is 0 Å². The lowest BCUT2D eigenvalue weighted by Gasteiger charge is -2.17. The Morgan fingerprint density at radius 1 is 1.25 bits per heavy atom. The molecule has 1 aromatic heterocycles. The van der Waals surface area contributed by atoms with Crippen LogP contribution in [0.2, 0.25) is 0 Å². The summed E-state index contributed by atoms with van der Waals surface area (Å²) in [4.78, 5) is 5.88. The SMILES string of the molecule is Cc1cc(C(Cc2nc(C)c(C)s2)NN)cc(C)c1Br. The van der Waals surface area contributed by atoms with Gasteiger partial charge in [-0.25, -0.2) is 4.98 Å². The van der Waals surface area contributed by atoms with Crippen LogP contribution in [-0.2, 0) is 6.42 Å². The second-order valence-electron chi connectivity index (χ2n) is 5.14. The molecule has 0 bridgehead atoms. The molecule has 0 aliphatic carbocycles. The van der Waals surface area contributed by atoms with Crippen molar-refractivity contribution in [2.75, 3.05) is 0 Å². The minimum Gasteiger partial charge on any atom is -0.271 e. The Hall–Kier alpha value is -0.750. The second kappa shape index (κ2) is 6.35. The summed E-state index contributed by atoms with van der Waals surface area (Å²) in [7, 11) is 0. The molecule has 0 amide bonds. The molecule has 3 N–H and O–H groups in total. The summed E-state index contributed by atoms with van der Waals surface area (Å²) in [6.07, 6.45) is 0.816. The van der Waals surface area contributed by atoms with Gasteiger partial charge in [-0.05, 0) is 44.4 Å². The summed E-state index contributed by atoms with van der Waals surface area (Å²) >= 11 is 5.35. The topological polar surface area (TPSA) is 50.9 Å². The van der Waals surface area contributed by atoms with Gasteiger partial charge >= 0.3 is 0 Å². The van der Waals surface area contributed by atoms with Crippen molar-refractivity contribution in [1.82, 2.24) is 10.4 Å². The van der Waals surface area contributed by atoms with E-state index in [-0.39, 0.29) is 6.04 Å². The largest absolute Gasteiger partial charge is 0.271 e. The maximum atomic E-state index is 5.75. The van der Waals surface area contributed by atoms with Crippen LogP contribution in [0, 0.1) is 27.7 Å². The van der Waals surface area contributed by atoms with E-state index in [4.69, 9.17) is 5.84 Å². The maximum Gasteiger partial charge on any atom is 0.0950 e. The molecule has 0 saturated heterocycles. The standard InChI is InChI=1S/C15H20BrN3S/c1-8-5-12(6-9(2)15(8)16)13(19-17)7-14-18-10(3)11(4)20-14/h5-6,13,19H,7,17H2,1-4H3. The Morgan fingerprint density at radius 2 is 1.85 bits per heavy atom. The van der Waals surface area contributed by atoms with Crippen molar-refractivity contribution >= 4 is 27.3 Å². The van der Waals surface area contributed by atoms with Crippen LogP contribution in [0.3, 0.4) is 0 Å². The normalized spacial score (nSPS) is 12.7. The number of aryl methyl sites for hydroxylation is 4. The Kier molecular flexibility index (Phi) is 4.96. The van der Waals surface area contributed by atoms with Gasteiger partial charge in [0.2, 0.25) is 0 Å². The molecular weight excluding hydrogens is 334 g/mol. The highest BCUT2D eigenvalue weighted by molar-refractivity contribution is 9.10. The Balaban J connectivity index is 2.28. The van der Waals surface area contributed by atoms with Gasteiger partial charge in [0.15, 0.2) is 0 Å². The predicted octanol–water partition coefficient (Wildman–Crippen LogP) is 3.89. The molecule has 0 aliphatic heterocycles. The fraction of sp³-hybridized carbons (Fsp3) is 0.400. The lowest BCUT2D eigenvalue weighted by atomic mass is 10.00. The van der Waals surface area contributed by atoms with E-state index in [0.717, 1.165) is 21.6 Å². The Bertz CT molecular complexity index is 579. The van der Waals surface area contributed by atoms with Gasteiger partial charge in [-0.15, -0.1) is 11.3 Å². The predicted molar refractivity (Wildman–Crippen MR) is 89.0 cm³/mol. The van der Waals surface area contributed by atoms with E-state index < -0.39 is 0 Å². The quantitative estimate of drug-likeness (QED) is 0.647. The molecule has 3 nitrogen and oxygen atoms in total. The first-order chi connectivity index (χ1) is 9.42. The number of hydrazine groups is 1. The maximum absolute atomic E-state index is 5.75. The van der Waals surface area contributed by atoms with Crippen molar-refractivity contribution in [3.63, 3.8) is 0 Å². The van der Waals surface area contributed by atoms with Crippen molar-refractivity contribution < 1.29 is 0 Å². The van der Waals surface area contributed by atoms with Gasteiger partial charge < -0.3 is 0 Å². The minimum atomic E-state index is 0.0884. The second-order valence-corrected chi connectivity index (χ2v) is 7.22. The fourth-order valence-corrected chi connectivity index (χ4v) is 3.46. The van der Waals surface area contributed by atoms with Gasteiger partial charge in [0.25, 0.3) is 0 Å². The highest BCUT2D eigenvalue weighted by atomic mass is 79.9. The molecule has 0 aliphatic rings. The van der Waals surface area contributed by atoms with Crippen molar-refractivity contribution in [2.45, 2.75) is 40.2 Å². The third kappa shape index (κ3) is 3.28. The summed E-state index contributed by atoms with van der Waals surface area (Å²) in [5.41, 5.74) is 7.70. The molecule has 1 atom stereocenters. The summed E-state index contributed by atoms with van der Waals surface area (Å²) in [5, 5.41) is 1.13. The third-order valence-electron chi connectivity index (χ3n) is 3.51. The number of nitrogens with zero attached hydrogens (tertiary/aromatic N) is 1. The molecule has 0 fully saturated rings. The number of rotatable bonds is 4. The number of hydrogen-bond donors (Lipinski definition) is 2.